The molecule has 1 aliphatic rings. The Morgan fingerprint density at radius 3 is 2.50 bits per heavy atom. The van der Waals surface area contributed by atoms with Gasteiger partial charge in [0.2, 0.25) is 11.8 Å². The largest absolute Gasteiger partial charge is 0.356 e. The predicted octanol–water partition coefficient (Wildman–Crippen LogP) is 3.02. The lowest BCUT2D eigenvalue weighted by Crippen LogP contribution is -2.41. The standard InChI is InChI=1S/C20H30N2O2/c1-16(8-9-18-6-4-3-5-7-18)14-20(24)22-12-10-19(11-13-22)15-21-17(2)23/h3-7,16,19H,8-15H2,1-2H3,(H,21,23)/t16-/m1/s1. The summed E-state index contributed by atoms with van der Waals surface area (Å²) in [6.07, 6.45) is 4.71. The van der Waals surface area contributed by atoms with E-state index in [0.29, 0.717) is 18.3 Å². The molecule has 0 aromatic heterocycles. The zero-order valence-electron chi connectivity index (χ0n) is 15.0. The molecule has 1 atom stereocenters. The number of piperidine rings is 1. The lowest BCUT2D eigenvalue weighted by atomic mass is 9.94. The van der Waals surface area contributed by atoms with Crippen LogP contribution < -0.4 is 5.32 Å². The van der Waals surface area contributed by atoms with Crippen molar-refractivity contribution in [3.63, 3.8) is 0 Å². The molecule has 0 bridgehead atoms. The number of amides is 2. The molecule has 0 saturated carbocycles. The number of nitrogens with zero attached hydrogens (tertiary/aromatic N) is 1. The van der Waals surface area contributed by atoms with Crippen LogP contribution in [0.3, 0.4) is 0 Å². The molecule has 0 unspecified atom stereocenters. The molecule has 2 amide bonds. The number of likely N-dealkylation sites (tertiary alicyclic amines) is 1. The van der Waals surface area contributed by atoms with E-state index in [1.54, 1.807) is 6.92 Å². The summed E-state index contributed by atoms with van der Waals surface area (Å²) in [6, 6.07) is 10.5. The second-order valence-corrected chi connectivity index (χ2v) is 7.09. The first-order valence-corrected chi connectivity index (χ1v) is 9.10. The van der Waals surface area contributed by atoms with Crippen molar-refractivity contribution < 1.29 is 9.59 Å². The fraction of sp³-hybridized carbons (Fsp3) is 0.600. The Hall–Kier alpha value is -1.84. The summed E-state index contributed by atoms with van der Waals surface area (Å²) >= 11 is 0. The van der Waals surface area contributed by atoms with E-state index in [9.17, 15) is 9.59 Å². The minimum atomic E-state index is 0.0285. The van der Waals surface area contributed by atoms with Gasteiger partial charge in [-0.05, 0) is 43.1 Å². The van der Waals surface area contributed by atoms with Gasteiger partial charge in [-0.2, -0.15) is 0 Å². The van der Waals surface area contributed by atoms with Gasteiger partial charge in [0.1, 0.15) is 0 Å². The highest BCUT2D eigenvalue weighted by atomic mass is 16.2. The number of rotatable bonds is 7. The SMILES string of the molecule is CC(=O)NCC1CCN(C(=O)C[C@H](C)CCc2ccccc2)CC1. The van der Waals surface area contributed by atoms with Crippen molar-refractivity contribution >= 4 is 11.8 Å². The van der Waals surface area contributed by atoms with Gasteiger partial charge in [-0.3, -0.25) is 9.59 Å². The van der Waals surface area contributed by atoms with Crippen LogP contribution in [0.2, 0.25) is 0 Å². The maximum atomic E-state index is 12.4. The quantitative estimate of drug-likeness (QED) is 0.835. The summed E-state index contributed by atoms with van der Waals surface area (Å²) < 4.78 is 0. The number of hydrogen-bond acceptors (Lipinski definition) is 2. The average Bonchev–Trinajstić information content (AvgIpc) is 2.59. The molecular formula is C20H30N2O2. The maximum Gasteiger partial charge on any atom is 0.222 e. The lowest BCUT2D eigenvalue weighted by Gasteiger charge is -2.32. The van der Waals surface area contributed by atoms with E-state index in [0.717, 1.165) is 45.3 Å². The molecule has 4 heteroatoms. The molecule has 0 aliphatic carbocycles. The molecular weight excluding hydrogens is 300 g/mol. The molecule has 2 rings (SSSR count). The van der Waals surface area contributed by atoms with Gasteiger partial charge in [-0.25, -0.2) is 0 Å². The van der Waals surface area contributed by atoms with E-state index >= 15 is 0 Å². The zero-order valence-corrected chi connectivity index (χ0v) is 15.0. The van der Waals surface area contributed by atoms with Crippen molar-refractivity contribution in [3.05, 3.63) is 35.9 Å². The Morgan fingerprint density at radius 1 is 1.21 bits per heavy atom. The third-order valence-corrected chi connectivity index (χ3v) is 4.90. The zero-order chi connectivity index (χ0) is 17.4. The molecule has 1 saturated heterocycles. The van der Waals surface area contributed by atoms with Gasteiger partial charge >= 0.3 is 0 Å². The van der Waals surface area contributed by atoms with Crippen LogP contribution in [0.15, 0.2) is 30.3 Å². The highest BCUT2D eigenvalue weighted by Gasteiger charge is 2.23. The number of carbonyl (C=O) groups excluding carboxylic acids is 2. The van der Waals surface area contributed by atoms with Crippen LogP contribution in [-0.4, -0.2) is 36.3 Å². The fourth-order valence-corrected chi connectivity index (χ4v) is 3.26. The summed E-state index contributed by atoms with van der Waals surface area (Å²) in [5, 5.41) is 2.88. The predicted molar refractivity (Wildman–Crippen MR) is 96.5 cm³/mol. The number of aryl methyl sites for hydroxylation is 1. The molecule has 1 heterocycles. The van der Waals surface area contributed by atoms with E-state index in [-0.39, 0.29) is 11.8 Å². The minimum absolute atomic E-state index is 0.0285. The van der Waals surface area contributed by atoms with E-state index in [1.165, 1.54) is 5.56 Å². The van der Waals surface area contributed by atoms with Gasteiger partial charge in [-0.15, -0.1) is 0 Å². The molecule has 24 heavy (non-hydrogen) atoms. The summed E-state index contributed by atoms with van der Waals surface area (Å²) in [5.41, 5.74) is 1.34. The molecule has 0 radical (unpaired) electrons. The van der Waals surface area contributed by atoms with Gasteiger partial charge in [0.15, 0.2) is 0 Å². The molecule has 1 aliphatic heterocycles. The van der Waals surface area contributed by atoms with Gasteiger partial charge in [0, 0.05) is 33.0 Å². The third-order valence-electron chi connectivity index (χ3n) is 4.90. The van der Waals surface area contributed by atoms with Crippen molar-refractivity contribution in [3.8, 4) is 0 Å². The number of hydrogen-bond donors (Lipinski definition) is 1. The Bertz CT molecular complexity index is 522. The van der Waals surface area contributed by atoms with Crippen molar-refractivity contribution in [2.45, 2.75) is 46.0 Å². The third kappa shape index (κ3) is 6.34. The Kier molecular flexibility index (Phi) is 7.29. The summed E-state index contributed by atoms with van der Waals surface area (Å²) in [7, 11) is 0. The topological polar surface area (TPSA) is 49.4 Å². The first kappa shape index (κ1) is 18.5. The number of benzene rings is 1. The molecule has 1 N–H and O–H groups in total. The molecule has 0 spiro atoms. The van der Waals surface area contributed by atoms with Crippen LogP contribution in [0.5, 0.6) is 0 Å². The van der Waals surface area contributed by atoms with Crippen molar-refractivity contribution in [1.82, 2.24) is 10.2 Å². The highest BCUT2D eigenvalue weighted by Crippen LogP contribution is 2.20. The normalized spacial score (nSPS) is 16.7. The maximum absolute atomic E-state index is 12.4. The molecule has 4 nitrogen and oxygen atoms in total. The Balaban J connectivity index is 1.66. The van der Waals surface area contributed by atoms with E-state index in [2.05, 4.69) is 36.5 Å². The van der Waals surface area contributed by atoms with Gasteiger partial charge in [-0.1, -0.05) is 37.3 Å². The van der Waals surface area contributed by atoms with Crippen LogP contribution >= 0.6 is 0 Å². The summed E-state index contributed by atoms with van der Waals surface area (Å²) in [4.78, 5) is 25.4. The monoisotopic (exact) mass is 330 g/mol. The van der Waals surface area contributed by atoms with Crippen LogP contribution in [-0.2, 0) is 16.0 Å². The van der Waals surface area contributed by atoms with Crippen LogP contribution in [0.4, 0.5) is 0 Å². The Labute approximate surface area is 145 Å². The second kappa shape index (κ2) is 9.45. The van der Waals surface area contributed by atoms with Gasteiger partial charge in [0.25, 0.3) is 0 Å². The smallest absolute Gasteiger partial charge is 0.222 e. The fourth-order valence-electron chi connectivity index (χ4n) is 3.26. The van der Waals surface area contributed by atoms with Crippen molar-refractivity contribution in [2.75, 3.05) is 19.6 Å². The lowest BCUT2D eigenvalue weighted by molar-refractivity contribution is -0.133. The molecule has 1 aromatic carbocycles. The first-order chi connectivity index (χ1) is 11.5. The minimum Gasteiger partial charge on any atom is -0.356 e. The first-order valence-electron chi connectivity index (χ1n) is 9.10. The average molecular weight is 330 g/mol. The van der Waals surface area contributed by atoms with Crippen molar-refractivity contribution in [1.29, 1.82) is 0 Å². The van der Waals surface area contributed by atoms with E-state index < -0.39 is 0 Å². The molecule has 1 aromatic rings. The van der Waals surface area contributed by atoms with Gasteiger partial charge in [0.05, 0.1) is 0 Å². The van der Waals surface area contributed by atoms with Gasteiger partial charge < -0.3 is 10.2 Å². The Morgan fingerprint density at radius 2 is 1.88 bits per heavy atom. The van der Waals surface area contributed by atoms with E-state index in [1.807, 2.05) is 11.0 Å². The summed E-state index contributed by atoms with van der Waals surface area (Å²) in [5.74, 6) is 1.23. The van der Waals surface area contributed by atoms with Crippen LogP contribution in [0.1, 0.15) is 45.1 Å². The van der Waals surface area contributed by atoms with E-state index in [4.69, 9.17) is 0 Å². The van der Waals surface area contributed by atoms with Crippen LogP contribution in [0.25, 0.3) is 0 Å². The van der Waals surface area contributed by atoms with Crippen molar-refractivity contribution in [2.24, 2.45) is 11.8 Å². The number of nitrogens with one attached hydrogen (secondary N) is 1. The van der Waals surface area contributed by atoms with Crippen LogP contribution in [0, 0.1) is 11.8 Å². The molecule has 1 fully saturated rings. The second-order valence-electron chi connectivity index (χ2n) is 7.09. The highest BCUT2D eigenvalue weighted by molar-refractivity contribution is 5.76. The summed E-state index contributed by atoms with van der Waals surface area (Å²) in [6.45, 7) is 6.12. The molecule has 132 valence electrons. The number of carbonyl (C=O) groups is 2.